The van der Waals surface area contributed by atoms with Crippen molar-refractivity contribution in [2.45, 2.75) is 38.5 Å². The third-order valence-corrected chi connectivity index (χ3v) is 6.33. The van der Waals surface area contributed by atoms with Gasteiger partial charge in [0.25, 0.3) is 0 Å². The van der Waals surface area contributed by atoms with Gasteiger partial charge in [-0.25, -0.2) is 0 Å². The average Bonchev–Trinajstić information content (AvgIpc) is 3.40. The van der Waals surface area contributed by atoms with E-state index >= 15 is 0 Å². The predicted octanol–water partition coefficient (Wildman–Crippen LogP) is 5.54. The van der Waals surface area contributed by atoms with E-state index in [0.717, 1.165) is 35.5 Å². The van der Waals surface area contributed by atoms with Crippen molar-refractivity contribution in [3.8, 4) is 22.6 Å². The van der Waals surface area contributed by atoms with E-state index < -0.39 is 0 Å². The summed E-state index contributed by atoms with van der Waals surface area (Å²) in [5.41, 5.74) is 6.63. The number of carbonyl (C=O) groups is 1. The Morgan fingerprint density at radius 1 is 0.931 bits per heavy atom. The molecule has 1 heterocycles. The summed E-state index contributed by atoms with van der Waals surface area (Å²) in [4.78, 5) is 13.4. The number of rotatable bonds is 5. The van der Waals surface area contributed by atoms with Crippen LogP contribution in [0.15, 0.2) is 60.7 Å². The third kappa shape index (κ3) is 3.11. The second-order valence-electron chi connectivity index (χ2n) is 8.21. The molecule has 3 aromatic rings. The fraction of sp³-hybridized carbons (Fsp3) is 0.269. The fourth-order valence-electron chi connectivity index (χ4n) is 4.39. The minimum Gasteiger partial charge on any atom is -0.454 e. The number of hydrogen-bond acceptors (Lipinski definition) is 3. The Kier molecular flexibility index (Phi) is 4.20. The molecule has 146 valence electrons. The van der Waals surface area contributed by atoms with E-state index in [1.807, 2.05) is 18.2 Å². The summed E-state index contributed by atoms with van der Waals surface area (Å²) in [5.74, 6) is 1.80. The Morgan fingerprint density at radius 2 is 1.72 bits per heavy atom. The molecule has 0 N–H and O–H groups in total. The first-order chi connectivity index (χ1) is 14.1. The first kappa shape index (κ1) is 18.0. The number of ketones is 1. The van der Waals surface area contributed by atoms with Crippen molar-refractivity contribution in [2.75, 3.05) is 6.79 Å². The van der Waals surface area contributed by atoms with Crippen molar-refractivity contribution in [3.63, 3.8) is 0 Å². The molecule has 1 fully saturated rings. The van der Waals surface area contributed by atoms with Crippen LogP contribution >= 0.6 is 0 Å². The number of benzene rings is 3. The van der Waals surface area contributed by atoms with E-state index in [4.69, 9.17) is 9.47 Å². The van der Waals surface area contributed by atoms with Gasteiger partial charge in [0.1, 0.15) is 5.78 Å². The summed E-state index contributed by atoms with van der Waals surface area (Å²) in [7, 11) is 0. The van der Waals surface area contributed by atoms with Crippen molar-refractivity contribution in [1.29, 1.82) is 0 Å². The molecule has 1 aliphatic carbocycles. The molecule has 0 bridgehead atoms. The first-order valence-corrected chi connectivity index (χ1v) is 10.2. The van der Waals surface area contributed by atoms with Crippen LogP contribution in [-0.4, -0.2) is 12.6 Å². The van der Waals surface area contributed by atoms with Crippen LogP contribution in [0.5, 0.6) is 11.5 Å². The third-order valence-electron chi connectivity index (χ3n) is 6.33. The first-order valence-electron chi connectivity index (χ1n) is 10.2. The Morgan fingerprint density at radius 3 is 2.52 bits per heavy atom. The van der Waals surface area contributed by atoms with Gasteiger partial charge in [0.15, 0.2) is 11.5 Å². The molecule has 0 unspecified atom stereocenters. The van der Waals surface area contributed by atoms with Crippen LogP contribution in [0.25, 0.3) is 11.1 Å². The monoisotopic (exact) mass is 384 g/mol. The zero-order valence-electron chi connectivity index (χ0n) is 16.8. The number of carbonyl (C=O) groups excluding carboxylic acids is 1. The van der Waals surface area contributed by atoms with E-state index in [1.165, 1.54) is 22.3 Å². The van der Waals surface area contributed by atoms with Gasteiger partial charge in [-0.15, -0.1) is 0 Å². The van der Waals surface area contributed by atoms with Crippen LogP contribution in [0, 0.1) is 13.8 Å². The molecule has 0 radical (unpaired) electrons. The molecule has 29 heavy (non-hydrogen) atoms. The van der Waals surface area contributed by atoms with Gasteiger partial charge in [0.2, 0.25) is 6.79 Å². The van der Waals surface area contributed by atoms with Crippen molar-refractivity contribution >= 4 is 5.78 Å². The van der Waals surface area contributed by atoms with Gasteiger partial charge in [0, 0.05) is 6.42 Å². The quantitative estimate of drug-likeness (QED) is 0.579. The standard InChI is InChI=1S/C26H24O3/c1-17-5-3-7-20(13-17)22-8-4-6-19(18(22)2)14-25(27)26(11-12-26)21-9-10-23-24(15-21)29-16-28-23/h3-10,13,15H,11-12,14,16H2,1-2H3. The minimum atomic E-state index is -0.368. The SMILES string of the molecule is Cc1cccc(-c2cccc(CC(=O)C3(c4ccc5c(c4)OCO5)CC3)c2C)c1. The molecule has 1 aliphatic heterocycles. The van der Waals surface area contributed by atoms with Crippen molar-refractivity contribution < 1.29 is 14.3 Å². The van der Waals surface area contributed by atoms with Crippen LogP contribution < -0.4 is 9.47 Å². The molecular formula is C26H24O3. The summed E-state index contributed by atoms with van der Waals surface area (Å²) >= 11 is 0. The summed E-state index contributed by atoms with van der Waals surface area (Å²) in [6.07, 6.45) is 2.27. The number of ether oxygens (including phenoxy) is 2. The minimum absolute atomic E-state index is 0.255. The second kappa shape index (κ2) is 6.77. The number of fused-ring (bicyclic) bond motifs is 1. The second-order valence-corrected chi connectivity index (χ2v) is 8.21. The topological polar surface area (TPSA) is 35.5 Å². The van der Waals surface area contributed by atoms with Crippen LogP contribution in [0.4, 0.5) is 0 Å². The van der Waals surface area contributed by atoms with Crippen LogP contribution in [0.1, 0.15) is 35.1 Å². The summed E-state index contributed by atoms with van der Waals surface area (Å²) in [6.45, 7) is 4.49. The molecule has 3 aromatic carbocycles. The summed E-state index contributed by atoms with van der Waals surface area (Å²) in [6, 6.07) is 20.7. The maximum Gasteiger partial charge on any atom is 0.231 e. The normalized spacial score (nSPS) is 15.9. The van der Waals surface area contributed by atoms with Crippen LogP contribution in [-0.2, 0) is 16.6 Å². The highest BCUT2D eigenvalue weighted by Crippen LogP contribution is 2.51. The van der Waals surface area contributed by atoms with Gasteiger partial charge >= 0.3 is 0 Å². The molecule has 3 heteroatoms. The lowest BCUT2D eigenvalue weighted by Crippen LogP contribution is -2.23. The maximum atomic E-state index is 13.4. The zero-order chi connectivity index (χ0) is 20.0. The van der Waals surface area contributed by atoms with E-state index in [1.54, 1.807) is 0 Å². The predicted molar refractivity (Wildman–Crippen MR) is 114 cm³/mol. The molecule has 3 nitrogen and oxygen atoms in total. The average molecular weight is 384 g/mol. The Hall–Kier alpha value is -3.07. The number of aryl methyl sites for hydroxylation is 1. The lowest BCUT2D eigenvalue weighted by Gasteiger charge is -2.17. The molecule has 0 atom stereocenters. The van der Waals surface area contributed by atoms with E-state index in [2.05, 4.69) is 56.3 Å². The Balaban J connectivity index is 1.43. The molecular weight excluding hydrogens is 360 g/mol. The van der Waals surface area contributed by atoms with Crippen LogP contribution in [0.3, 0.4) is 0 Å². The summed E-state index contributed by atoms with van der Waals surface area (Å²) in [5, 5.41) is 0. The van der Waals surface area contributed by atoms with E-state index in [9.17, 15) is 4.79 Å². The lowest BCUT2D eigenvalue weighted by molar-refractivity contribution is -0.120. The van der Waals surface area contributed by atoms with Crippen LogP contribution in [0.2, 0.25) is 0 Å². The largest absolute Gasteiger partial charge is 0.454 e. The number of hydrogen-bond donors (Lipinski definition) is 0. The lowest BCUT2D eigenvalue weighted by atomic mass is 9.85. The Bertz CT molecular complexity index is 1110. The molecule has 2 aliphatic rings. The van der Waals surface area contributed by atoms with Gasteiger partial charge in [-0.3, -0.25) is 4.79 Å². The van der Waals surface area contributed by atoms with Gasteiger partial charge in [-0.2, -0.15) is 0 Å². The van der Waals surface area contributed by atoms with Crippen molar-refractivity contribution in [3.05, 3.63) is 82.9 Å². The molecule has 0 amide bonds. The zero-order valence-corrected chi connectivity index (χ0v) is 16.8. The maximum absolute atomic E-state index is 13.4. The van der Waals surface area contributed by atoms with Crippen molar-refractivity contribution in [2.24, 2.45) is 0 Å². The van der Waals surface area contributed by atoms with E-state index in [-0.39, 0.29) is 12.2 Å². The van der Waals surface area contributed by atoms with Gasteiger partial charge in [-0.05, 0) is 66.6 Å². The summed E-state index contributed by atoms with van der Waals surface area (Å²) < 4.78 is 10.9. The smallest absolute Gasteiger partial charge is 0.231 e. The molecule has 0 saturated heterocycles. The molecule has 5 rings (SSSR count). The number of Topliss-reactive ketones (excluding diaryl/α,β-unsaturated/α-hetero) is 1. The van der Waals surface area contributed by atoms with Crippen molar-refractivity contribution in [1.82, 2.24) is 0 Å². The highest BCUT2D eigenvalue weighted by Gasteiger charge is 2.50. The fourth-order valence-corrected chi connectivity index (χ4v) is 4.39. The molecule has 1 saturated carbocycles. The van der Waals surface area contributed by atoms with Gasteiger partial charge < -0.3 is 9.47 Å². The molecule has 0 spiro atoms. The van der Waals surface area contributed by atoms with E-state index in [0.29, 0.717) is 12.2 Å². The Labute approximate surface area is 171 Å². The highest BCUT2D eigenvalue weighted by molar-refractivity contribution is 5.95. The highest BCUT2D eigenvalue weighted by atomic mass is 16.7. The van der Waals surface area contributed by atoms with Gasteiger partial charge in [0.05, 0.1) is 5.41 Å². The van der Waals surface area contributed by atoms with Gasteiger partial charge in [-0.1, -0.05) is 54.1 Å². The molecule has 0 aromatic heterocycles.